The molecule has 4 rings (SSSR count). The molecule has 3 heterocycles. The molecule has 1 amide bonds. The zero-order valence-electron chi connectivity index (χ0n) is 14.9. The molecular formula is C19H16N4O4S. The van der Waals surface area contributed by atoms with E-state index in [4.69, 9.17) is 4.74 Å². The monoisotopic (exact) mass is 396 g/mol. The summed E-state index contributed by atoms with van der Waals surface area (Å²) >= 11 is 1.20. The van der Waals surface area contributed by atoms with Crippen LogP contribution < -0.4 is 21.3 Å². The number of amides is 1. The number of thiophene rings is 1. The molecule has 0 spiro atoms. The maximum atomic E-state index is 13.0. The molecule has 9 heteroatoms. The minimum absolute atomic E-state index is 0.0984. The van der Waals surface area contributed by atoms with E-state index in [2.05, 4.69) is 16.4 Å². The molecule has 1 atom stereocenters. The van der Waals surface area contributed by atoms with Crippen molar-refractivity contribution < 1.29 is 9.53 Å². The Morgan fingerprint density at radius 3 is 2.82 bits per heavy atom. The molecule has 0 bridgehead atoms. The van der Waals surface area contributed by atoms with Crippen LogP contribution in [0.3, 0.4) is 0 Å². The van der Waals surface area contributed by atoms with Gasteiger partial charge in [-0.2, -0.15) is 5.26 Å². The fraction of sp³-hybridized carbons (Fsp3) is 0.263. The van der Waals surface area contributed by atoms with Crippen LogP contribution in [0.15, 0.2) is 33.9 Å². The lowest BCUT2D eigenvalue weighted by molar-refractivity contribution is -0.123. The lowest BCUT2D eigenvalue weighted by Gasteiger charge is -2.23. The van der Waals surface area contributed by atoms with Crippen molar-refractivity contribution in [3.8, 4) is 22.3 Å². The second-order valence-corrected chi connectivity index (χ2v) is 7.53. The number of piperidine rings is 1. The molecule has 1 aromatic carbocycles. The largest absolute Gasteiger partial charge is 0.497 e. The summed E-state index contributed by atoms with van der Waals surface area (Å²) in [5, 5.41) is 12.1. The van der Waals surface area contributed by atoms with Crippen LogP contribution in [0.4, 0.5) is 0 Å². The van der Waals surface area contributed by atoms with Gasteiger partial charge in [-0.05, 0) is 30.7 Å². The van der Waals surface area contributed by atoms with E-state index in [1.807, 2.05) is 0 Å². The van der Waals surface area contributed by atoms with Gasteiger partial charge in [0.15, 0.2) is 0 Å². The zero-order chi connectivity index (χ0) is 19.8. The average molecular weight is 396 g/mol. The first-order valence-corrected chi connectivity index (χ1v) is 9.47. The molecule has 0 saturated carbocycles. The average Bonchev–Trinajstić information content (AvgIpc) is 3.11. The number of carbonyl (C=O) groups excluding carboxylic acids is 1. The highest BCUT2D eigenvalue weighted by Crippen LogP contribution is 2.35. The molecule has 1 saturated heterocycles. The first-order chi connectivity index (χ1) is 13.5. The van der Waals surface area contributed by atoms with Crippen molar-refractivity contribution in [1.82, 2.24) is 14.9 Å². The van der Waals surface area contributed by atoms with Crippen molar-refractivity contribution in [2.45, 2.75) is 18.9 Å². The summed E-state index contributed by atoms with van der Waals surface area (Å²) in [7, 11) is 1.53. The number of fused-ring (bicyclic) bond motifs is 1. The molecule has 28 heavy (non-hydrogen) atoms. The van der Waals surface area contributed by atoms with Gasteiger partial charge in [0.1, 0.15) is 10.4 Å². The van der Waals surface area contributed by atoms with E-state index in [-0.39, 0.29) is 12.3 Å². The quantitative estimate of drug-likeness (QED) is 0.699. The first kappa shape index (κ1) is 18.0. The molecule has 0 unspecified atom stereocenters. The number of benzene rings is 1. The minimum Gasteiger partial charge on any atom is -0.497 e. The number of aromatic amines is 1. The number of hydrogen-bond acceptors (Lipinski definition) is 6. The van der Waals surface area contributed by atoms with Gasteiger partial charge in [0.25, 0.3) is 5.56 Å². The minimum atomic E-state index is -0.535. The molecule has 3 aromatic rings. The third-order valence-corrected chi connectivity index (χ3v) is 5.96. The van der Waals surface area contributed by atoms with Gasteiger partial charge in [0, 0.05) is 23.4 Å². The van der Waals surface area contributed by atoms with Gasteiger partial charge in [-0.3, -0.25) is 14.2 Å². The predicted molar refractivity (Wildman–Crippen MR) is 105 cm³/mol. The number of nitrogens with one attached hydrogen (secondary N) is 2. The zero-order valence-corrected chi connectivity index (χ0v) is 15.8. The molecular weight excluding hydrogens is 380 g/mol. The molecule has 8 nitrogen and oxygen atoms in total. The van der Waals surface area contributed by atoms with Gasteiger partial charge in [0.2, 0.25) is 5.91 Å². The van der Waals surface area contributed by atoms with E-state index in [9.17, 15) is 19.6 Å². The highest BCUT2D eigenvalue weighted by molar-refractivity contribution is 7.22. The van der Waals surface area contributed by atoms with Crippen LogP contribution in [0.1, 0.15) is 24.4 Å². The lowest BCUT2D eigenvalue weighted by Crippen LogP contribution is -2.43. The molecule has 2 N–H and O–H groups in total. The normalized spacial score (nSPS) is 16.6. The lowest BCUT2D eigenvalue weighted by atomic mass is 10.1. The Morgan fingerprint density at radius 1 is 1.29 bits per heavy atom. The van der Waals surface area contributed by atoms with Gasteiger partial charge in [0.05, 0.1) is 30.3 Å². The highest BCUT2D eigenvalue weighted by atomic mass is 32.1. The number of carbonyl (C=O) groups is 1. The van der Waals surface area contributed by atoms with Crippen molar-refractivity contribution in [2.75, 3.05) is 13.7 Å². The van der Waals surface area contributed by atoms with Gasteiger partial charge >= 0.3 is 5.69 Å². The summed E-state index contributed by atoms with van der Waals surface area (Å²) in [6.45, 7) is 0.429. The van der Waals surface area contributed by atoms with Crippen molar-refractivity contribution >= 4 is 27.5 Å². The number of nitrogens with zero attached hydrogens (tertiary/aromatic N) is 2. The molecule has 2 aromatic heterocycles. The third-order valence-electron chi connectivity index (χ3n) is 4.80. The molecule has 1 fully saturated rings. The topological polar surface area (TPSA) is 117 Å². The fourth-order valence-electron chi connectivity index (χ4n) is 3.42. The Hall–Kier alpha value is -3.38. The van der Waals surface area contributed by atoms with Gasteiger partial charge in [-0.15, -0.1) is 11.3 Å². The summed E-state index contributed by atoms with van der Waals surface area (Å²) in [6.07, 6.45) is 0.619. The van der Waals surface area contributed by atoms with Crippen molar-refractivity contribution in [3.63, 3.8) is 0 Å². The van der Waals surface area contributed by atoms with Crippen LogP contribution in [-0.4, -0.2) is 29.1 Å². The maximum absolute atomic E-state index is 13.0. The van der Waals surface area contributed by atoms with Crippen molar-refractivity contribution in [1.29, 1.82) is 5.26 Å². The second-order valence-electron chi connectivity index (χ2n) is 6.48. The van der Waals surface area contributed by atoms with Crippen molar-refractivity contribution in [2.24, 2.45) is 0 Å². The number of aromatic nitrogens is 2. The Morgan fingerprint density at radius 2 is 2.11 bits per heavy atom. The number of ether oxygens (including phenoxy) is 1. The highest BCUT2D eigenvalue weighted by Gasteiger charge is 2.25. The molecule has 1 aliphatic heterocycles. The molecule has 1 aliphatic rings. The summed E-state index contributed by atoms with van der Waals surface area (Å²) in [6, 6.07) is 8.43. The molecule has 0 radical (unpaired) electrons. The van der Waals surface area contributed by atoms with Crippen LogP contribution in [0.5, 0.6) is 5.75 Å². The van der Waals surface area contributed by atoms with Crippen LogP contribution in [0.2, 0.25) is 0 Å². The maximum Gasteiger partial charge on any atom is 0.329 e. The number of hydrogen-bond donors (Lipinski definition) is 2. The summed E-state index contributed by atoms with van der Waals surface area (Å²) < 4.78 is 6.75. The van der Waals surface area contributed by atoms with E-state index in [0.717, 1.165) is 4.57 Å². The molecule has 0 aliphatic carbocycles. The second kappa shape index (κ2) is 6.98. The standard InChI is InChI=1S/C19H16N4O4S/c1-27-12-3-2-10(9-20)13(7-12)15-8-14-17(28-15)18(25)23(19(26)22-14)11-4-5-21-16(24)6-11/h2-3,7-8,11H,4-6H2,1H3,(H,21,24)(H,22,26)/t11-/m0/s1. The summed E-state index contributed by atoms with van der Waals surface area (Å²) in [5.41, 5.74) is 0.535. The van der Waals surface area contributed by atoms with E-state index >= 15 is 0 Å². The number of H-pyrrole nitrogens is 1. The van der Waals surface area contributed by atoms with E-state index in [1.54, 1.807) is 24.3 Å². The van der Waals surface area contributed by atoms with Crippen LogP contribution >= 0.6 is 11.3 Å². The van der Waals surface area contributed by atoms with E-state index < -0.39 is 17.3 Å². The number of methoxy groups -OCH3 is 1. The van der Waals surface area contributed by atoms with Gasteiger partial charge < -0.3 is 15.0 Å². The van der Waals surface area contributed by atoms with Gasteiger partial charge in [-0.1, -0.05) is 0 Å². The Kier molecular flexibility index (Phi) is 4.49. The fourth-order valence-corrected chi connectivity index (χ4v) is 4.50. The predicted octanol–water partition coefficient (Wildman–Crippen LogP) is 1.75. The van der Waals surface area contributed by atoms with Gasteiger partial charge in [-0.25, -0.2) is 4.79 Å². The van der Waals surface area contributed by atoms with E-state index in [0.29, 0.717) is 44.9 Å². The van der Waals surface area contributed by atoms with Crippen LogP contribution in [0, 0.1) is 11.3 Å². The Bertz CT molecular complexity index is 1250. The summed E-state index contributed by atoms with van der Waals surface area (Å²) in [5.74, 6) is 0.412. The molecule has 142 valence electrons. The van der Waals surface area contributed by atoms with Crippen molar-refractivity contribution in [3.05, 3.63) is 50.7 Å². The van der Waals surface area contributed by atoms with Crippen LogP contribution in [-0.2, 0) is 4.79 Å². The Labute approximate surface area is 163 Å². The Balaban J connectivity index is 1.89. The number of nitriles is 1. The SMILES string of the molecule is COc1ccc(C#N)c(-c2cc3[nH]c(=O)n([C@H]4CCNC(=O)C4)c(=O)c3s2)c1. The summed E-state index contributed by atoms with van der Waals surface area (Å²) in [4.78, 5) is 40.6. The van der Waals surface area contributed by atoms with Crippen LogP contribution in [0.25, 0.3) is 20.7 Å². The smallest absolute Gasteiger partial charge is 0.329 e. The third kappa shape index (κ3) is 2.97. The first-order valence-electron chi connectivity index (χ1n) is 8.65. The number of rotatable bonds is 3. The van der Waals surface area contributed by atoms with E-state index in [1.165, 1.54) is 18.4 Å².